The Labute approximate surface area is 130 Å². The molecule has 0 saturated heterocycles. The first kappa shape index (κ1) is 13.7. The number of hydrogen-bond acceptors (Lipinski definition) is 3. The van der Waals surface area contributed by atoms with E-state index < -0.39 is 6.09 Å². The average molecular weight is 346 g/mol. The first-order valence-electron chi connectivity index (χ1n) is 6.29. The largest absolute Gasteiger partial charge is 0.497 e. The second-order valence-electron chi connectivity index (χ2n) is 4.48. The molecule has 0 radical (unpaired) electrons. The molecule has 0 saturated carbocycles. The Bertz CT molecular complexity index is 793. The summed E-state index contributed by atoms with van der Waals surface area (Å²) in [6.45, 7) is 0. The molecule has 106 valence electrons. The Balaban J connectivity index is 1.85. The number of nitrogens with zero attached hydrogens (tertiary/aromatic N) is 1. The molecule has 5 heteroatoms. The number of carbonyl (C=O) groups excluding carboxylic acids is 1. The molecule has 0 spiro atoms. The molecule has 0 aliphatic rings. The maximum absolute atomic E-state index is 12.1. The van der Waals surface area contributed by atoms with E-state index in [4.69, 9.17) is 9.47 Å². The molecule has 0 aliphatic heterocycles. The van der Waals surface area contributed by atoms with Crippen LogP contribution >= 0.6 is 15.9 Å². The highest BCUT2D eigenvalue weighted by molar-refractivity contribution is 9.10. The van der Waals surface area contributed by atoms with Crippen LogP contribution in [-0.2, 0) is 0 Å². The number of halogens is 1. The topological polar surface area (TPSA) is 40.5 Å². The Morgan fingerprint density at radius 2 is 1.67 bits per heavy atom. The van der Waals surface area contributed by atoms with E-state index in [0.717, 1.165) is 21.0 Å². The molecule has 0 N–H and O–H groups in total. The number of hydrogen-bond donors (Lipinski definition) is 0. The van der Waals surface area contributed by atoms with Crippen LogP contribution in [-0.4, -0.2) is 17.8 Å². The summed E-state index contributed by atoms with van der Waals surface area (Å²) in [4.78, 5) is 12.1. The van der Waals surface area contributed by atoms with Crippen LogP contribution in [0.15, 0.2) is 59.3 Å². The summed E-state index contributed by atoms with van der Waals surface area (Å²) in [5.41, 5.74) is 0. The van der Waals surface area contributed by atoms with Crippen LogP contribution in [0, 0.1) is 0 Å². The van der Waals surface area contributed by atoms with Gasteiger partial charge in [0.1, 0.15) is 11.5 Å². The first-order chi connectivity index (χ1) is 10.2. The summed E-state index contributed by atoms with van der Waals surface area (Å²) in [7, 11) is 1.61. The Kier molecular flexibility index (Phi) is 3.66. The van der Waals surface area contributed by atoms with E-state index >= 15 is 0 Å². The number of rotatable bonds is 2. The quantitative estimate of drug-likeness (QED) is 0.688. The minimum absolute atomic E-state index is 0.451. The summed E-state index contributed by atoms with van der Waals surface area (Å²) in [5, 5.41) is 1.87. The monoisotopic (exact) mass is 345 g/mol. The lowest BCUT2D eigenvalue weighted by Gasteiger charge is -2.04. The zero-order valence-corrected chi connectivity index (χ0v) is 12.8. The SMILES string of the molecule is COc1ccc2cn(C(=O)Oc3ccc(Br)cc3)cc2c1. The maximum Gasteiger partial charge on any atom is 0.423 e. The smallest absolute Gasteiger partial charge is 0.423 e. The molecule has 1 aromatic heterocycles. The van der Waals surface area contributed by atoms with Gasteiger partial charge in [-0.2, -0.15) is 0 Å². The third kappa shape index (κ3) is 2.92. The lowest BCUT2D eigenvalue weighted by Crippen LogP contribution is -2.14. The van der Waals surface area contributed by atoms with Gasteiger partial charge in [0.2, 0.25) is 0 Å². The second-order valence-corrected chi connectivity index (χ2v) is 5.40. The maximum atomic E-state index is 12.1. The second kappa shape index (κ2) is 5.61. The summed E-state index contributed by atoms with van der Waals surface area (Å²) >= 11 is 3.34. The van der Waals surface area contributed by atoms with Crippen molar-refractivity contribution in [2.24, 2.45) is 0 Å². The van der Waals surface area contributed by atoms with Gasteiger partial charge < -0.3 is 9.47 Å². The van der Waals surface area contributed by atoms with Gasteiger partial charge in [-0.3, -0.25) is 4.57 Å². The van der Waals surface area contributed by atoms with Gasteiger partial charge in [-0.15, -0.1) is 0 Å². The highest BCUT2D eigenvalue weighted by Gasteiger charge is 2.09. The van der Waals surface area contributed by atoms with Crippen LogP contribution < -0.4 is 9.47 Å². The van der Waals surface area contributed by atoms with Crippen LogP contribution in [0.2, 0.25) is 0 Å². The van der Waals surface area contributed by atoms with E-state index in [9.17, 15) is 4.79 Å². The van der Waals surface area contributed by atoms with Crippen molar-refractivity contribution in [3.63, 3.8) is 0 Å². The molecule has 0 unspecified atom stereocenters. The van der Waals surface area contributed by atoms with Crippen molar-refractivity contribution >= 4 is 32.8 Å². The van der Waals surface area contributed by atoms with Gasteiger partial charge in [0, 0.05) is 27.6 Å². The molecule has 2 aromatic carbocycles. The van der Waals surface area contributed by atoms with Gasteiger partial charge >= 0.3 is 6.09 Å². The fraction of sp³-hybridized carbons (Fsp3) is 0.0625. The zero-order valence-electron chi connectivity index (χ0n) is 11.2. The van der Waals surface area contributed by atoms with Gasteiger partial charge in [0.15, 0.2) is 0 Å². The molecule has 0 fully saturated rings. The van der Waals surface area contributed by atoms with Gasteiger partial charge in [-0.1, -0.05) is 15.9 Å². The predicted molar refractivity (Wildman–Crippen MR) is 84.1 cm³/mol. The fourth-order valence-corrected chi connectivity index (χ4v) is 2.27. The van der Waals surface area contributed by atoms with E-state index in [0.29, 0.717) is 5.75 Å². The van der Waals surface area contributed by atoms with Crippen molar-refractivity contribution < 1.29 is 14.3 Å². The highest BCUT2D eigenvalue weighted by atomic mass is 79.9. The van der Waals surface area contributed by atoms with Crippen molar-refractivity contribution in [2.75, 3.05) is 7.11 Å². The average Bonchev–Trinajstić information content (AvgIpc) is 2.92. The lowest BCUT2D eigenvalue weighted by atomic mass is 10.2. The molecule has 21 heavy (non-hydrogen) atoms. The minimum atomic E-state index is -0.451. The molecule has 0 amide bonds. The van der Waals surface area contributed by atoms with Crippen molar-refractivity contribution in [1.82, 2.24) is 4.57 Å². The Morgan fingerprint density at radius 1 is 1.00 bits per heavy atom. The number of ether oxygens (including phenoxy) is 2. The van der Waals surface area contributed by atoms with Crippen LogP contribution in [0.3, 0.4) is 0 Å². The third-order valence-electron chi connectivity index (χ3n) is 3.08. The number of fused-ring (bicyclic) bond motifs is 1. The Hall–Kier alpha value is -2.27. The standard InChI is InChI=1S/C16H12BrNO3/c1-20-15-5-2-11-9-18(10-12(11)8-15)16(19)21-14-6-3-13(17)4-7-14/h2-10H,1H3. The normalized spacial score (nSPS) is 10.6. The number of aromatic nitrogens is 1. The van der Waals surface area contributed by atoms with E-state index in [-0.39, 0.29) is 0 Å². The van der Waals surface area contributed by atoms with Crippen LogP contribution in [0.25, 0.3) is 10.8 Å². The molecule has 0 atom stereocenters. The van der Waals surface area contributed by atoms with Crippen molar-refractivity contribution in [2.45, 2.75) is 0 Å². The van der Waals surface area contributed by atoms with Crippen LogP contribution in [0.1, 0.15) is 0 Å². The summed E-state index contributed by atoms with van der Waals surface area (Å²) in [5.74, 6) is 1.25. The van der Waals surface area contributed by atoms with E-state index in [1.165, 1.54) is 4.57 Å². The van der Waals surface area contributed by atoms with E-state index in [2.05, 4.69) is 15.9 Å². The predicted octanol–water partition coefficient (Wildman–Crippen LogP) is 4.46. The van der Waals surface area contributed by atoms with Crippen LogP contribution in [0.5, 0.6) is 11.5 Å². The Morgan fingerprint density at radius 3 is 2.38 bits per heavy atom. The summed E-state index contributed by atoms with van der Waals surface area (Å²) < 4.78 is 12.8. The number of methoxy groups -OCH3 is 1. The zero-order chi connectivity index (χ0) is 14.8. The third-order valence-corrected chi connectivity index (χ3v) is 3.61. The van der Waals surface area contributed by atoms with Crippen LogP contribution in [0.4, 0.5) is 4.79 Å². The van der Waals surface area contributed by atoms with Crippen molar-refractivity contribution in [3.05, 3.63) is 59.3 Å². The van der Waals surface area contributed by atoms with E-state index in [1.54, 1.807) is 31.6 Å². The van der Waals surface area contributed by atoms with Gasteiger partial charge in [-0.05, 0) is 42.5 Å². The molecule has 4 nitrogen and oxygen atoms in total. The number of benzene rings is 2. The van der Waals surface area contributed by atoms with Crippen molar-refractivity contribution in [3.8, 4) is 11.5 Å². The highest BCUT2D eigenvalue weighted by Crippen LogP contribution is 2.22. The fourth-order valence-electron chi connectivity index (χ4n) is 2.01. The molecule has 0 bridgehead atoms. The molecule has 3 aromatic rings. The lowest BCUT2D eigenvalue weighted by molar-refractivity contribution is 0.202. The molecule has 0 aliphatic carbocycles. The molecular formula is C16H12BrNO3. The van der Waals surface area contributed by atoms with Gasteiger partial charge in [0.05, 0.1) is 7.11 Å². The van der Waals surface area contributed by atoms with Gasteiger partial charge in [-0.25, -0.2) is 4.79 Å². The first-order valence-corrected chi connectivity index (χ1v) is 7.08. The van der Waals surface area contributed by atoms with Crippen molar-refractivity contribution in [1.29, 1.82) is 0 Å². The van der Waals surface area contributed by atoms with Gasteiger partial charge in [0.25, 0.3) is 0 Å². The van der Waals surface area contributed by atoms with E-state index in [1.807, 2.05) is 30.3 Å². The molecular weight excluding hydrogens is 334 g/mol. The summed E-state index contributed by atoms with van der Waals surface area (Å²) in [6, 6.07) is 12.7. The number of carbonyl (C=O) groups is 1. The molecule has 1 heterocycles. The minimum Gasteiger partial charge on any atom is -0.497 e. The summed E-state index contributed by atoms with van der Waals surface area (Å²) in [6.07, 6.45) is 3.00. The molecule has 3 rings (SSSR count).